The molecule has 5 nitrogen and oxygen atoms in total. The minimum Gasteiger partial charge on any atom is -0.328 e. The summed E-state index contributed by atoms with van der Waals surface area (Å²) in [5.41, 5.74) is 3.84. The van der Waals surface area contributed by atoms with E-state index in [9.17, 15) is 9.59 Å². The van der Waals surface area contributed by atoms with Crippen molar-refractivity contribution in [3.8, 4) is 5.69 Å². The van der Waals surface area contributed by atoms with Gasteiger partial charge in [-0.1, -0.05) is 76.6 Å². The molecule has 1 amide bonds. The lowest BCUT2D eigenvalue weighted by molar-refractivity contribution is 0.0683. The van der Waals surface area contributed by atoms with E-state index in [0.29, 0.717) is 40.9 Å². The summed E-state index contributed by atoms with van der Waals surface area (Å²) < 4.78 is 2.55. The minimum atomic E-state index is -0.480. The standard InChI is InChI=1S/C32H28BrN3O2/c1-22-10-6-7-13-27(22)31(37)35(21-20-24-11-4-3-5-12-24)23(2)30-34-29-15-9-8-14-28(29)32(38)36(30)26-18-16-25(33)17-19-26/h3-19,23H,20-21H2,1-2H3. The number of hydrogen-bond donors (Lipinski definition) is 0. The second-order valence-electron chi connectivity index (χ2n) is 9.33. The lowest BCUT2D eigenvalue weighted by Gasteiger charge is -2.31. The third-order valence-electron chi connectivity index (χ3n) is 6.85. The molecule has 4 aromatic carbocycles. The van der Waals surface area contributed by atoms with E-state index < -0.39 is 6.04 Å². The van der Waals surface area contributed by atoms with Crippen LogP contribution in [-0.2, 0) is 6.42 Å². The zero-order valence-corrected chi connectivity index (χ0v) is 22.9. The number of hydrogen-bond acceptors (Lipinski definition) is 3. The van der Waals surface area contributed by atoms with Crippen molar-refractivity contribution in [3.63, 3.8) is 0 Å². The fourth-order valence-electron chi connectivity index (χ4n) is 4.74. The summed E-state index contributed by atoms with van der Waals surface area (Å²) >= 11 is 3.49. The topological polar surface area (TPSA) is 55.2 Å². The van der Waals surface area contributed by atoms with Gasteiger partial charge in [-0.15, -0.1) is 0 Å². The molecule has 1 aromatic heterocycles. The van der Waals surface area contributed by atoms with Crippen molar-refractivity contribution in [2.75, 3.05) is 6.54 Å². The summed E-state index contributed by atoms with van der Waals surface area (Å²) in [7, 11) is 0. The number of rotatable bonds is 7. The van der Waals surface area contributed by atoms with E-state index in [1.807, 2.05) is 104 Å². The van der Waals surface area contributed by atoms with Gasteiger partial charge < -0.3 is 4.90 Å². The van der Waals surface area contributed by atoms with Crippen molar-refractivity contribution >= 4 is 32.7 Å². The molecule has 5 rings (SSSR count). The van der Waals surface area contributed by atoms with Crippen molar-refractivity contribution in [3.05, 3.63) is 140 Å². The van der Waals surface area contributed by atoms with E-state index in [-0.39, 0.29) is 11.5 Å². The molecule has 1 unspecified atom stereocenters. The molecule has 0 aliphatic carbocycles. The Balaban J connectivity index is 1.66. The predicted molar refractivity (Wildman–Crippen MR) is 156 cm³/mol. The van der Waals surface area contributed by atoms with Gasteiger partial charge in [-0.3, -0.25) is 14.2 Å². The highest BCUT2D eigenvalue weighted by atomic mass is 79.9. The maximum Gasteiger partial charge on any atom is 0.266 e. The van der Waals surface area contributed by atoms with Crippen LogP contribution < -0.4 is 5.56 Å². The highest BCUT2D eigenvalue weighted by Crippen LogP contribution is 2.26. The van der Waals surface area contributed by atoms with Crippen LogP contribution in [0, 0.1) is 6.92 Å². The van der Waals surface area contributed by atoms with Crippen molar-refractivity contribution in [1.29, 1.82) is 0 Å². The third kappa shape index (κ3) is 5.18. The van der Waals surface area contributed by atoms with Crippen LogP contribution in [0.3, 0.4) is 0 Å². The smallest absolute Gasteiger partial charge is 0.266 e. The van der Waals surface area contributed by atoms with E-state index in [2.05, 4.69) is 28.1 Å². The lowest BCUT2D eigenvalue weighted by atomic mass is 10.0. The molecular formula is C32H28BrN3O2. The number of aryl methyl sites for hydroxylation is 1. The largest absolute Gasteiger partial charge is 0.328 e. The molecule has 0 bridgehead atoms. The van der Waals surface area contributed by atoms with Crippen LogP contribution in [0.15, 0.2) is 112 Å². The normalized spacial score (nSPS) is 11.9. The van der Waals surface area contributed by atoms with Crippen LogP contribution in [0.5, 0.6) is 0 Å². The molecule has 1 atom stereocenters. The van der Waals surface area contributed by atoms with Crippen LogP contribution in [0.1, 0.15) is 40.3 Å². The molecule has 38 heavy (non-hydrogen) atoms. The quantitative estimate of drug-likeness (QED) is 0.215. The van der Waals surface area contributed by atoms with E-state index in [0.717, 1.165) is 15.6 Å². The predicted octanol–water partition coefficient (Wildman–Crippen LogP) is 6.90. The number of halogens is 1. The molecule has 0 fully saturated rings. The maximum absolute atomic E-state index is 14.0. The zero-order chi connectivity index (χ0) is 26.6. The van der Waals surface area contributed by atoms with Gasteiger partial charge in [-0.05, 0) is 73.9 Å². The number of para-hydroxylation sites is 1. The van der Waals surface area contributed by atoms with Crippen LogP contribution in [0.4, 0.5) is 0 Å². The van der Waals surface area contributed by atoms with Crippen LogP contribution in [-0.4, -0.2) is 26.9 Å². The molecule has 0 saturated heterocycles. The summed E-state index contributed by atoms with van der Waals surface area (Å²) in [6.45, 7) is 4.37. The first-order valence-electron chi connectivity index (χ1n) is 12.6. The molecule has 0 radical (unpaired) electrons. The maximum atomic E-state index is 14.0. The third-order valence-corrected chi connectivity index (χ3v) is 7.38. The number of benzene rings is 4. The molecule has 1 heterocycles. The fraction of sp³-hybridized carbons (Fsp3) is 0.156. The Labute approximate surface area is 230 Å². The zero-order valence-electron chi connectivity index (χ0n) is 21.3. The lowest BCUT2D eigenvalue weighted by Crippen LogP contribution is -2.39. The first-order chi connectivity index (χ1) is 18.4. The van der Waals surface area contributed by atoms with Gasteiger partial charge >= 0.3 is 0 Å². The molecule has 190 valence electrons. The molecule has 5 aromatic rings. The van der Waals surface area contributed by atoms with E-state index in [1.54, 1.807) is 10.6 Å². The molecule has 0 N–H and O–H groups in total. The second-order valence-corrected chi connectivity index (χ2v) is 10.2. The Morgan fingerprint density at radius 2 is 1.55 bits per heavy atom. The van der Waals surface area contributed by atoms with Gasteiger partial charge in [0.05, 0.1) is 22.6 Å². The molecule has 0 spiro atoms. The van der Waals surface area contributed by atoms with Gasteiger partial charge in [0.2, 0.25) is 0 Å². The number of carbonyl (C=O) groups excluding carboxylic acids is 1. The average molecular weight is 566 g/mol. The highest BCUT2D eigenvalue weighted by molar-refractivity contribution is 9.10. The Kier molecular flexibility index (Phi) is 7.52. The number of nitrogens with zero attached hydrogens (tertiary/aromatic N) is 3. The summed E-state index contributed by atoms with van der Waals surface area (Å²) in [4.78, 5) is 34.7. The second kappa shape index (κ2) is 11.2. The minimum absolute atomic E-state index is 0.0868. The Morgan fingerprint density at radius 3 is 2.29 bits per heavy atom. The number of fused-ring (bicyclic) bond motifs is 1. The monoisotopic (exact) mass is 565 g/mol. The van der Waals surface area contributed by atoms with Gasteiger partial charge in [0.1, 0.15) is 5.82 Å². The van der Waals surface area contributed by atoms with Crippen LogP contribution in [0.25, 0.3) is 16.6 Å². The van der Waals surface area contributed by atoms with Crippen molar-refractivity contribution in [2.45, 2.75) is 26.3 Å². The number of carbonyl (C=O) groups is 1. The number of aromatic nitrogens is 2. The van der Waals surface area contributed by atoms with Crippen molar-refractivity contribution < 1.29 is 4.79 Å². The van der Waals surface area contributed by atoms with Gasteiger partial charge in [-0.25, -0.2) is 4.98 Å². The van der Waals surface area contributed by atoms with Gasteiger partial charge in [0, 0.05) is 16.6 Å². The summed E-state index contributed by atoms with van der Waals surface area (Å²) in [6, 6.07) is 32.2. The summed E-state index contributed by atoms with van der Waals surface area (Å²) in [5.74, 6) is 0.433. The molecular weight excluding hydrogens is 538 g/mol. The van der Waals surface area contributed by atoms with Gasteiger partial charge in [-0.2, -0.15) is 0 Å². The molecule has 6 heteroatoms. The van der Waals surface area contributed by atoms with Crippen LogP contribution >= 0.6 is 15.9 Å². The summed E-state index contributed by atoms with van der Waals surface area (Å²) in [6.07, 6.45) is 0.679. The molecule has 0 aliphatic heterocycles. The highest BCUT2D eigenvalue weighted by Gasteiger charge is 2.28. The number of amides is 1. The SMILES string of the molecule is Cc1ccccc1C(=O)N(CCc1ccccc1)C(C)c1nc2ccccc2c(=O)n1-c1ccc(Br)cc1. The molecule has 0 aliphatic rings. The van der Waals surface area contributed by atoms with Gasteiger partial charge in [0.25, 0.3) is 11.5 Å². The van der Waals surface area contributed by atoms with E-state index in [4.69, 9.17) is 4.98 Å². The first kappa shape index (κ1) is 25.6. The Bertz CT molecular complexity index is 1650. The average Bonchev–Trinajstić information content (AvgIpc) is 2.94. The Hall–Kier alpha value is -4.03. The van der Waals surface area contributed by atoms with Crippen molar-refractivity contribution in [1.82, 2.24) is 14.5 Å². The summed E-state index contributed by atoms with van der Waals surface area (Å²) in [5, 5.41) is 0.535. The molecule has 0 saturated carbocycles. The van der Waals surface area contributed by atoms with Crippen molar-refractivity contribution in [2.24, 2.45) is 0 Å². The Morgan fingerprint density at radius 1 is 0.895 bits per heavy atom. The first-order valence-corrected chi connectivity index (χ1v) is 13.4. The van der Waals surface area contributed by atoms with E-state index >= 15 is 0 Å². The van der Waals surface area contributed by atoms with E-state index in [1.165, 1.54) is 0 Å². The van der Waals surface area contributed by atoms with Gasteiger partial charge in [0.15, 0.2) is 0 Å². The van der Waals surface area contributed by atoms with Crippen LogP contribution in [0.2, 0.25) is 0 Å². The fourth-order valence-corrected chi connectivity index (χ4v) is 5.01.